The van der Waals surface area contributed by atoms with Crippen LogP contribution in [0.4, 0.5) is 0 Å². The summed E-state index contributed by atoms with van der Waals surface area (Å²) in [6.07, 6.45) is 5.38. The zero-order valence-corrected chi connectivity index (χ0v) is 12.5. The van der Waals surface area contributed by atoms with Gasteiger partial charge in [0.05, 0.1) is 6.21 Å². The SMILES string of the molecule is Cn1ccc(/C=N\NC(=O)COc2ccc(Br)cc2)c1. The van der Waals surface area contributed by atoms with Crippen LogP contribution in [0.25, 0.3) is 0 Å². The number of ether oxygens (including phenoxy) is 1. The number of aromatic nitrogens is 1. The van der Waals surface area contributed by atoms with Crippen LogP contribution in [-0.4, -0.2) is 23.3 Å². The van der Waals surface area contributed by atoms with Gasteiger partial charge in [-0.3, -0.25) is 4.79 Å². The molecule has 0 fully saturated rings. The summed E-state index contributed by atoms with van der Waals surface area (Å²) in [6, 6.07) is 9.16. The number of benzene rings is 1. The standard InChI is InChI=1S/C14H14BrN3O2/c1-18-7-6-11(9-18)8-16-17-14(19)10-20-13-4-2-12(15)3-5-13/h2-9H,10H2,1H3,(H,17,19)/b16-8-. The third-order valence-electron chi connectivity index (χ3n) is 2.44. The van der Waals surface area contributed by atoms with Crippen molar-refractivity contribution in [1.82, 2.24) is 9.99 Å². The van der Waals surface area contributed by atoms with Crippen molar-refractivity contribution in [1.29, 1.82) is 0 Å². The first-order chi connectivity index (χ1) is 9.63. The second-order valence-corrected chi connectivity index (χ2v) is 5.06. The van der Waals surface area contributed by atoms with E-state index in [2.05, 4.69) is 26.5 Å². The molecule has 1 N–H and O–H groups in total. The number of hydrogen-bond donors (Lipinski definition) is 1. The monoisotopic (exact) mass is 335 g/mol. The molecular weight excluding hydrogens is 322 g/mol. The Hall–Kier alpha value is -2.08. The van der Waals surface area contributed by atoms with Gasteiger partial charge in [-0.1, -0.05) is 15.9 Å². The Morgan fingerprint density at radius 1 is 1.40 bits per heavy atom. The van der Waals surface area contributed by atoms with Crippen molar-refractivity contribution in [3.63, 3.8) is 0 Å². The molecule has 1 aromatic carbocycles. The number of carbonyl (C=O) groups is 1. The normalized spacial score (nSPS) is 10.7. The molecule has 2 rings (SSSR count). The van der Waals surface area contributed by atoms with Crippen LogP contribution < -0.4 is 10.2 Å². The van der Waals surface area contributed by atoms with Crippen molar-refractivity contribution in [2.24, 2.45) is 12.1 Å². The quantitative estimate of drug-likeness (QED) is 0.673. The van der Waals surface area contributed by atoms with Crippen molar-refractivity contribution in [2.75, 3.05) is 6.61 Å². The predicted octanol–water partition coefficient (Wildman–Crippen LogP) is 2.32. The molecule has 1 heterocycles. The highest BCUT2D eigenvalue weighted by Gasteiger charge is 2.01. The Balaban J connectivity index is 1.75. The van der Waals surface area contributed by atoms with Gasteiger partial charge in [0.2, 0.25) is 0 Å². The van der Waals surface area contributed by atoms with E-state index in [1.54, 1.807) is 18.3 Å². The second kappa shape index (κ2) is 6.91. The molecule has 5 nitrogen and oxygen atoms in total. The Morgan fingerprint density at radius 2 is 2.15 bits per heavy atom. The molecule has 0 aliphatic rings. The first kappa shape index (κ1) is 14.3. The average Bonchev–Trinajstić information content (AvgIpc) is 2.84. The summed E-state index contributed by atoms with van der Waals surface area (Å²) in [5, 5.41) is 3.86. The molecule has 0 aliphatic heterocycles. The summed E-state index contributed by atoms with van der Waals surface area (Å²) >= 11 is 3.33. The number of halogens is 1. The number of amides is 1. The van der Waals surface area contributed by atoms with Crippen LogP contribution in [0.15, 0.2) is 52.3 Å². The van der Waals surface area contributed by atoms with Gasteiger partial charge in [0.15, 0.2) is 6.61 Å². The van der Waals surface area contributed by atoms with E-state index in [0.717, 1.165) is 10.0 Å². The minimum atomic E-state index is -0.305. The predicted molar refractivity (Wildman–Crippen MR) is 80.8 cm³/mol. The van der Waals surface area contributed by atoms with Crippen molar-refractivity contribution in [3.05, 3.63) is 52.8 Å². The van der Waals surface area contributed by atoms with Gasteiger partial charge < -0.3 is 9.30 Å². The molecule has 0 aliphatic carbocycles. The lowest BCUT2D eigenvalue weighted by atomic mass is 10.3. The molecule has 104 valence electrons. The molecule has 6 heteroatoms. The minimum Gasteiger partial charge on any atom is -0.484 e. The lowest BCUT2D eigenvalue weighted by Crippen LogP contribution is -2.24. The van der Waals surface area contributed by atoms with E-state index in [4.69, 9.17) is 4.74 Å². The van der Waals surface area contributed by atoms with Crippen molar-refractivity contribution >= 4 is 28.1 Å². The summed E-state index contributed by atoms with van der Waals surface area (Å²) in [5.74, 6) is 0.329. The van der Waals surface area contributed by atoms with Gasteiger partial charge in [0, 0.05) is 29.5 Å². The van der Waals surface area contributed by atoms with Crippen LogP contribution in [0.2, 0.25) is 0 Å². The summed E-state index contributed by atoms with van der Waals surface area (Å²) in [4.78, 5) is 11.5. The van der Waals surface area contributed by atoms with Crippen LogP contribution in [0, 0.1) is 0 Å². The number of carbonyl (C=O) groups excluding carboxylic acids is 1. The smallest absolute Gasteiger partial charge is 0.277 e. The third-order valence-corrected chi connectivity index (χ3v) is 2.97. The number of hydrazone groups is 1. The Morgan fingerprint density at radius 3 is 2.80 bits per heavy atom. The zero-order chi connectivity index (χ0) is 14.4. The minimum absolute atomic E-state index is 0.0756. The molecule has 20 heavy (non-hydrogen) atoms. The first-order valence-electron chi connectivity index (χ1n) is 5.96. The molecule has 1 aromatic heterocycles. The average molecular weight is 336 g/mol. The first-order valence-corrected chi connectivity index (χ1v) is 6.75. The highest BCUT2D eigenvalue weighted by atomic mass is 79.9. The Kier molecular flexibility index (Phi) is 4.95. The number of nitrogens with one attached hydrogen (secondary N) is 1. The van der Waals surface area contributed by atoms with Gasteiger partial charge in [-0.05, 0) is 30.3 Å². The van der Waals surface area contributed by atoms with Crippen LogP contribution >= 0.6 is 15.9 Å². The Bertz CT molecular complexity index is 605. The molecular formula is C14H14BrN3O2. The van der Waals surface area contributed by atoms with Crippen LogP contribution in [0.5, 0.6) is 5.75 Å². The molecule has 0 spiro atoms. The summed E-state index contributed by atoms with van der Waals surface area (Å²) in [5.41, 5.74) is 3.33. The maximum Gasteiger partial charge on any atom is 0.277 e. The van der Waals surface area contributed by atoms with E-state index in [9.17, 15) is 4.79 Å². The van der Waals surface area contributed by atoms with Gasteiger partial charge in [-0.15, -0.1) is 0 Å². The number of rotatable bonds is 5. The second-order valence-electron chi connectivity index (χ2n) is 4.15. The molecule has 0 saturated heterocycles. The fraction of sp³-hybridized carbons (Fsp3) is 0.143. The maximum atomic E-state index is 11.5. The topological polar surface area (TPSA) is 55.6 Å². The summed E-state index contributed by atoms with van der Waals surface area (Å²) in [6.45, 7) is -0.0756. The summed E-state index contributed by atoms with van der Waals surface area (Å²) < 4.78 is 8.18. The van der Waals surface area contributed by atoms with Crippen molar-refractivity contribution in [2.45, 2.75) is 0 Å². The fourth-order valence-electron chi connectivity index (χ4n) is 1.49. The van der Waals surface area contributed by atoms with Crippen molar-refractivity contribution < 1.29 is 9.53 Å². The highest BCUT2D eigenvalue weighted by Crippen LogP contribution is 2.15. The summed E-state index contributed by atoms with van der Waals surface area (Å²) in [7, 11) is 1.92. The van der Waals surface area contributed by atoms with E-state index in [0.29, 0.717) is 5.75 Å². The molecule has 0 atom stereocenters. The lowest BCUT2D eigenvalue weighted by molar-refractivity contribution is -0.123. The number of nitrogens with zero attached hydrogens (tertiary/aromatic N) is 2. The zero-order valence-electron chi connectivity index (χ0n) is 10.9. The largest absolute Gasteiger partial charge is 0.484 e. The van der Waals surface area contributed by atoms with E-state index in [1.165, 1.54) is 0 Å². The van der Waals surface area contributed by atoms with Gasteiger partial charge in [0.1, 0.15) is 5.75 Å². The van der Waals surface area contributed by atoms with Crippen LogP contribution in [0.3, 0.4) is 0 Å². The molecule has 0 bridgehead atoms. The van der Waals surface area contributed by atoms with Crippen LogP contribution in [-0.2, 0) is 11.8 Å². The van der Waals surface area contributed by atoms with E-state index < -0.39 is 0 Å². The maximum absolute atomic E-state index is 11.5. The van der Waals surface area contributed by atoms with E-state index in [1.807, 2.05) is 42.2 Å². The van der Waals surface area contributed by atoms with E-state index in [-0.39, 0.29) is 12.5 Å². The third kappa shape index (κ3) is 4.55. The van der Waals surface area contributed by atoms with Crippen LogP contribution in [0.1, 0.15) is 5.56 Å². The van der Waals surface area contributed by atoms with Gasteiger partial charge in [-0.2, -0.15) is 5.10 Å². The number of hydrogen-bond acceptors (Lipinski definition) is 3. The number of aryl methyl sites for hydroxylation is 1. The highest BCUT2D eigenvalue weighted by molar-refractivity contribution is 9.10. The fourth-order valence-corrected chi connectivity index (χ4v) is 1.76. The molecule has 0 unspecified atom stereocenters. The van der Waals surface area contributed by atoms with Gasteiger partial charge >= 0.3 is 0 Å². The van der Waals surface area contributed by atoms with Gasteiger partial charge in [0.25, 0.3) is 5.91 Å². The molecule has 2 aromatic rings. The molecule has 1 amide bonds. The van der Waals surface area contributed by atoms with E-state index >= 15 is 0 Å². The van der Waals surface area contributed by atoms with Gasteiger partial charge in [-0.25, -0.2) is 5.43 Å². The Labute approximate surface area is 125 Å². The lowest BCUT2D eigenvalue weighted by Gasteiger charge is -2.04. The van der Waals surface area contributed by atoms with Crippen molar-refractivity contribution in [3.8, 4) is 5.75 Å². The molecule has 0 radical (unpaired) electrons. The molecule has 0 saturated carbocycles.